The van der Waals surface area contributed by atoms with Crippen LogP contribution in [0.3, 0.4) is 0 Å². The molecule has 1 atom stereocenters. The minimum Gasteiger partial charge on any atom is -0.455 e. The standard InChI is InChI=1S/C20H18N2O3/c1-14(25-20(23)16-5-3-2-4-6-16)24-19-10-9-17-11-15(13-22-21)7-8-18(17)12-19/h2-14H,21H2,1H3. The summed E-state index contributed by atoms with van der Waals surface area (Å²) in [6, 6.07) is 20.3. The molecule has 0 amide bonds. The molecule has 0 bridgehead atoms. The van der Waals surface area contributed by atoms with Crippen LogP contribution in [0.2, 0.25) is 0 Å². The zero-order chi connectivity index (χ0) is 17.6. The van der Waals surface area contributed by atoms with E-state index in [4.69, 9.17) is 15.3 Å². The maximum atomic E-state index is 12.0. The fourth-order valence-electron chi connectivity index (χ4n) is 2.49. The summed E-state index contributed by atoms with van der Waals surface area (Å²) >= 11 is 0. The lowest BCUT2D eigenvalue weighted by Crippen LogP contribution is -2.20. The highest BCUT2D eigenvalue weighted by Gasteiger charge is 2.12. The summed E-state index contributed by atoms with van der Waals surface area (Å²) in [5.41, 5.74) is 1.42. The summed E-state index contributed by atoms with van der Waals surface area (Å²) in [4.78, 5) is 12.0. The largest absolute Gasteiger partial charge is 0.455 e. The van der Waals surface area contributed by atoms with E-state index in [1.807, 2.05) is 42.5 Å². The summed E-state index contributed by atoms with van der Waals surface area (Å²) < 4.78 is 11.0. The molecule has 0 heterocycles. The molecule has 5 nitrogen and oxygen atoms in total. The van der Waals surface area contributed by atoms with Gasteiger partial charge in [0.1, 0.15) is 5.75 Å². The Morgan fingerprint density at radius 1 is 1.04 bits per heavy atom. The molecule has 0 aliphatic carbocycles. The smallest absolute Gasteiger partial charge is 0.341 e. The predicted octanol–water partition coefficient (Wildman–Crippen LogP) is 3.71. The van der Waals surface area contributed by atoms with Crippen molar-refractivity contribution in [2.45, 2.75) is 13.2 Å². The molecule has 0 aromatic heterocycles. The normalized spacial score (nSPS) is 12.2. The molecule has 5 heteroatoms. The van der Waals surface area contributed by atoms with Gasteiger partial charge < -0.3 is 15.3 Å². The van der Waals surface area contributed by atoms with E-state index in [1.165, 1.54) is 0 Å². The molecule has 0 aliphatic rings. The van der Waals surface area contributed by atoms with Gasteiger partial charge in [0.2, 0.25) is 6.29 Å². The number of rotatable bonds is 5. The van der Waals surface area contributed by atoms with Crippen molar-refractivity contribution in [2.75, 3.05) is 0 Å². The minimum absolute atomic E-state index is 0.417. The lowest BCUT2D eigenvalue weighted by atomic mass is 10.1. The van der Waals surface area contributed by atoms with Gasteiger partial charge in [-0.2, -0.15) is 5.10 Å². The number of nitrogens with two attached hydrogens (primary N) is 1. The number of esters is 1. The number of ether oxygens (including phenoxy) is 2. The molecule has 25 heavy (non-hydrogen) atoms. The van der Waals surface area contributed by atoms with Crippen molar-refractivity contribution in [2.24, 2.45) is 10.9 Å². The van der Waals surface area contributed by atoms with Gasteiger partial charge in [0.15, 0.2) is 0 Å². The molecule has 3 rings (SSSR count). The monoisotopic (exact) mass is 334 g/mol. The molecule has 3 aromatic carbocycles. The van der Waals surface area contributed by atoms with Crippen LogP contribution in [0.1, 0.15) is 22.8 Å². The van der Waals surface area contributed by atoms with Crippen LogP contribution in [0, 0.1) is 0 Å². The molecule has 0 spiro atoms. The lowest BCUT2D eigenvalue weighted by Gasteiger charge is -2.16. The van der Waals surface area contributed by atoms with Gasteiger partial charge in [-0.15, -0.1) is 0 Å². The van der Waals surface area contributed by atoms with E-state index < -0.39 is 12.3 Å². The van der Waals surface area contributed by atoms with E-state index in [2.05, 4.69) is 5.10 Å². The number of fused-ring (bicyclic) bond motifs is 1. The second-order valence-corrected chi connectivity index (χ2v) is 5.50. The van der Waals surface area contributed by atoms with Crippen LogP contribution in [-0.2, 0) is 4.74 Å². The molecule has 126 valence electrons. The Hall–Kier alpha value is -3.34. The first-order chi connectivity index (χ1) is 12.2. The molecular formula is C20H18N2O3. The number of hydrazone groups is 1. The average molecular weight is 334 g/mol. The van der Waals surface area contributed by atoms with E-state index in [1.54, 1.807) is 37.4 Å². The van der Waals surface area contributed by atoms with Crippen LogP contribution >= 0.6 is 0 Å². The van der Waals surface area contributed by atoms with Gasteiger partial charge in [-0.1, -0.05) is 36.4 Å². The Kier molecular flexibility index (Phi) is 4.95. The number of carbonyl (C=O) groups excluding carboxylic acids is 1. The summed E-state index contributed by atoms with van der Waals surface area (Å²) in [6.07, 6.45) is 0.892. The van der Waals surface area contributed by atoms with Crippen molar-refractivity contribution >= 4 is 23.0 Å². The molecule has 3 aromatic rings. The van der Waals surface area contributed by atoms with Gasteiger partial charge in [-0.3, -0.25) is 0 Å². The number of hydrogen-bond acceptors (Lipinski definition) is 5. The predicted molar refractivity (Wildman–Crippen MR) is 97.7 cm³/mol. The van der Waals surface area contributed by atoms with Crippen molar-refractivity contribution in [3.63, 3.8) is 0 Å². The molecule has 0 fully saturated rings. The van der Waals surface area contributed by atoms with Gasteiger partial charge in [-0.25, -0.2) is 4.79 Å². The Bertz CT molecular complexity index is 907. The maximum Gasteiger partial charge on any atom is 0.341 e. The topological polar surface area (TPSA) is 73.9 Å². The number of hydrogen-bond donors (Lipinski definition) is 1. The average Bonchev–Trinajstić information content (AvgIpc) is 2.62. The van der Waals surface area contributed by atoms with Gasteiger partial charge in [0.05, 0.1) is 11.8 Å². The Labute approximate surface area is 145 Å². The Balaban J connectivity index is 1.69. The molecule has 0 saturated heterocycles. The third-order valence-electron chi connectivity index (χ3n) is 3.64. The summed E-state index contributed by atoms with van der Waals surface area (Å²) in [5.74, 6) is 5.38. The van der Waals surface area contributed by atoms with Gasteiger partial charge in [0, 0.05) is 6.92 Å². The number of benzene rings is 3. The molecule has 0 aliphatic heterocycles. The third kappa shape index (κ3) is 4.14. The molecule has 2 N–H and O–H groups in total. The van der Waals surface area contributed by atoms with Crippen LogP contribution < -0.4 is 10.6 Å². The maximum absolute atomic E-state index is 12.0. The lowest BCUT2D eigenvalue weighted by molar-refractivity contribution is -0.0371. The zero-order valence-corrected chi connectivity index (χ0v) is 13.8. The molecule has 0 radical (unpaired) electrons. The first-order valence-electron chi connectivity index (χ1n) is 7.85. The molecule has 0 saturated carbocycles. The highest BCUT2D eigenvalue weighted by atomic mass is 16.7. The van der Waals surface area contributed by atoms with Crippen molar-refractivity contribution in [1.29, 1.82) is 0 Å². The summed E-state index contributed by atoms with van der Waals surface area (Å²) in [6.45, 7) is 1.69. The second kappa shape index (κ2) is 7.49. The second-order valence-electron chi connectivity index (χ2n) is 5.50. The van der Waals surface area contributed by atoms with E-state index in [0.29, 0.717) is 11.3 Å². The first kappa shape index (κ1) is 16.5. The van der Waals surface area contributed by atoms with Gasteiger partial charge in [0.25, 0.3) is 0 Å². The van der Waals surface area contributed by atoms with E-state index in [-0.39, 0.29) is 0 Å². The van der Waals surface area contributed by atoms with Crippen LogP contribution in [0.15, 0.2) is 71.8 Å². The van der Waals surface area contributed by atoms with Crippen molar-refractivity contribution < 1.29 is 14.3 Å². The minimum atomic E-state index is -0.700. The van der Waals surface area contributed by atoms with Crippen LogP contribution in [0.4, 0.5) is 0 Å². The van der Waals surface area contributed by atoms with Gasteiger partial charge >= 0.3 is 5.97 Å². The van der Waals surface area contributed by atoms with Gasteiger partial charge in [-0.05, 0) is 46.7 Å². The van der Waals surface area contributed by atoms with E-state index in [0.717, 1.165) is 16.3 Å². The molecule has 1 unspecified atom stereocenters. The highest BCUT2D eigenvalue weighted by molar-refractivity contribution is 5.91. The Morgan fingerprint density at radius 2 is 1.76 bits per heavy atom. The first-order valence-corrected chi connectivity index (χ1v) is 7.85. The molecular weight excluding hydrogens is 316 g/mol. The zero-order valence-electron chi connectivity index (χ0n) is 13.8. The highest BCUT2D eigenvalue weighted by Crippen LogP contribution is 2.23. The van der Waals surface area contributed by atoms with E-state index in [9.17, 15) is 4.79 Å². The van der Waals surface area contributed by atoms with Crippen LogP contribution in [-0.4, -0.2) is 18.5 Å². The van der Waals surface area contributed by atoms with Crippen molar-refractivity contribution in [1.82, 2.24) is 0 Å². The Morgan fingerprint density at radius 3 is 2.52 bits per heavy atom. The summed E-state index contributed by atoms with van der Waals surface area (Å²) in [5, 5.41) is 5.57. The van der Waals surface area contributed by atoms with E-state index >= 15 is 0 Å². The number of nitrogens with zero attached hydrogens (tertiary/aromatic N) is 1. The SMILES string of the molecule is CC(OC(=O)c1ccccc1)Oc1ccc2cc(C=NN)ccc2c1. The van der Waals surface area contributed by atoms with Crippen LogP contribution in [0.5, 0.6) is 5.75 Å². The third-order valence-corrected chi connectivity index (χ3v) is 3.64. The quantitative estimate of drug-likeness (QED) is 0.254. The number of carbonyl (C=O) groups is 1. The van der Waals surface area contributed by atoms with Crippen molar-refractivity contribution in [3.8, 4) is 5.75 Å². The fraction of sp³-hybridized carbons (Fsp3) is 0.100. The summed E-state index contributed by atoms with van der Waals surface area (Å²) in [7, 11) is 0. The van der Waals surface area contributed by atoms with Crippen molar-refractivity contribution in [3.05, 3.63) is 77.9 Å². The van der Waals surface area contributed by atoms with Crippen LogP contribution in [0.25, 0.3) is 10.8 Å². The fourth-order valence-corrected chi connectivity index (χ4v) is 2.49.